The van der Waals surface area contributed by atoms with Gasteiger partial charge < -0.3 is 9.47 Å². The Morgan fingerprint density at radius 3 is 2.10 bits per heavy atom. The van der Waals surface area contributed by atoms with Gasteiger partial charge in [0.25, 0.3) is 20.0 Å². The molecule has 1 heterocycles. The monoisotopic (exact) mass is 467 g/mol. The Hall–Kier alpha value is -2.79. The van der Waals surface area contributed by atoms with Crippen LogP contribution in [0.1, 0.15) is 25.7 Å². The molecular formula is C20H25N3O6S2. The van der Waals surface area contributed by atoms with Crippen molar-refractivity contribution in [1.82, 2.24) is 4.72 Å². The van der Waals surface area contributed by atoms with Crippen molar-refractivity contribution in [3.63, 3.8) is 0 Å². The second-order valence-corrected chi connectivity index (χ2v) is 10.3. The van der Waals surface area contributed by atoms with E-state index >= 15 is 0 Å². The molecule has 31 heavy (non-hydrogen) atoms. The Morgan fingerprint density at radius 1 is 0.774 bits per heavy atom. The van der Waals surface area contributed by atoms with Gasteiger partial charge in [-0.2, -0.15) is 0 Å². The van der Waals surface area contributed by atoms with E-state index in [0.717, 1.165) is 19.3 Å². The van der Waals surface area contributed by atoms with E-state index in [2.05, 4.69) is 14.4 Å². The molecule has 0 saturated heterocycles. The quantitative estimate of drug-likeness (QED) is 0.645. The number of hydrogen-bond acceptors (Lipinski definition) is 7. The standard InChI is InChI=1S/C20H25N3O6S2/c1-28-18-12-11-17(14-19(18)29-2)31(26,27)22-15-7-9-16(10-8-15)30(24,25)23-20-6-4-3-5-13-21-20/h7-12,14,22H,3-6,13H2,1-2H3,(H,21,23). The van der Waals surface area contributed by atoms with Gasteiger partial charge in [0.1, 0.15) is 5.84 Å². The fraction of sp³-hybridized carbons (Fsp3) is 0.350. The molecular weight excluding hydrogens is 442 g/mol. The van der Waals surface area contributed by atoms with E-state index in [-0.39, 0.29) is 21.2 Å². The molecule has 0 fully saturated rings. The van der Waals surface area contributed by atoms with Crippen LogP contribution in [0, 0.1) is 0 Å². The average molecular weight is 468 g/mol. The van der Waals surface area contributed by atoms with Crippen LogP contribution in [0.2, 0.25) is 0 Å². The molecule has 0 bridgehead atoms. The maximum atomic E-state index is 12.7. The lowest BCUT2D eigenvalue weighted by atomic mass is 10.2. The van der Waals surface area contributed by atoms with E-state index in [1.165, 1.54) is 56.7 Å². The number of nitrogens with one attached hydrogen (secondary N) is 2. The molecule has 0 saturated carbocycles. The third kappa shape index (κ3) is 5.67. The van der Waals surface area contributed by atoms with Gasteiger partial charge in [0, 0.05) is 24.7 Å². The Kier molecular flexibility index (Phi) is 7.06. The second kappa shape index (κ2) is 9.56. The molecule has 0 aliphatic carbocycles. The predicted octanol–water partition coefficient (Wildman–Crippen LogP) is 2.76. The zero-order valence-electron chi connectivity index (χ0n) is 17.3. The van der Waals surface area contributed by atoms with Crippen molar-refractivity contribution in [2.45, 2.75) is 35.5 Å². The lowest BCUT2D eigenvalue weighted by molar-refractivity contribution is 0.354. The number of anilines is 1. The highest BCUT2D eigenvalue weighted by atomic mass is 32.2. The molecule has 0 aromatic heterocycles. The summed E-state index contributed by atoms with van der Waals surface area (Å²) in [5, 5.41) is 0. The van der Waals surface area contributed by atoms with Crippen LogP contribution in [0.5, 0.6) is 11.5 Å². The largest absolute Gasteiger partial charge is 0.493 e. The number of rotatable bonds is 7. The first-order valence-electron chi connectivity index (χ1n) is 9.66. The maximum absolute atomic E-state index is 12.7. The lowest BCUT2D eigenvalue weighted by Gasteiger charge is -2.13. The zero-order chi connectivity index (χ0) is 22.5. The number of sulfonamides is 2. The second-order valence-electron chi connectivity index (χ2n) is 6.89. The third-order valence-corrected chi connectivity index (χ3v) is 7.48. The molecule has 2 aromatic rings. The van der Waals surface area contributed by atoms with Crippen LogP contribution in [-0.4, -0.2) is 43.4 Å². The minimum Gasteiger partial charge on any atom is -0.493 e. The molecule has 1 aliphatic heterocycles. The van der Waals surface area contributed by atoms with Crippen molar-refractivity contribution in [2.75, 3.05) is 25.5 Å². The summed E-state index contributed by atoms with van der Waals surface area (Å²) in [4.78, 5) is 4.28. The predicted molar refractivity (Wildman–Crippen MR) is 118 cm³/mol. The highest BCUT2D eigenvalue weighted by Gasteiger charge is 2.20. The number of nitrogens with zero attached hydrogens (tertiary/aromatic N) is 1. The molecule has 0 spiro atoms. The van der Waals surface area contributed by atoms with Crippen LogP contribution in [0.4, 0.5) is 5.69 Å². The van der Waals surface area contributed by atoms with Gasteiger partial charge in [-0.3, -0.25) is 14.4 Å². The fourth-order valence-electron chi connectivity index (χ4n) is 3.07. The molecule has 3 rings (SSSR count). The van der Waals surface area contributed by atoms with Gasteiger partial charge >= 0.3 is 0 Å². The molecule has 11 heteroatoms. The molecule has 2 N–H and O–H groups in total. The van der Waals surface area contributed by atoms with Crippen molar-refractivity contribution in [3.8, 4) is 11.5 Å². The summed E-state index contributed by atoms with van der Waals surface area (Å²) < 4.78 is 65.8. The maximum Gasteiger partial charge on any atom is 0.262 e. The Balaban J connectivity index is 1.76. The summed E-state index contributed by atoms with van der Waals surface area (Å²) >= 11 is 0. The van der Waals surface area contributed by atoms with Crippen LogP contribution in [0.25, 0.3) is 0 Å². The first-order valence-corrected chi connectivity index (χ1v) is 12.6. The Morgan fingerprint density at radius 2 is 1.42 bits per heavy atom. The summed E-state index contributed by atoms with van der Waals surface area (Å²) in [7, 11) is -4.84. The number of benzene rings is 2. The minimum atomic E-state index is -3.92. The zero-order valence-corrected chi connectivity index (χ0v) is 18.9. The van der Waals surface area contributed by atoms with Crippen LogP contribution in [0.3, 0.4) is 0 Å². The van der Waals surface area contributed by atoms with Gasteiger partial charge in [0.15, 0.2) is 11.5 Å². The van der Waals surface area contributed by atoms with Crippen molar-refractivity contribution >= 4 is 31.6 Å². The van der Waals surface area contributed by atoms with Crippen LogP contribution in [0.15, 0.2) is 57.2 Å². The summed E-state index contributed by atoms with van der Waals surface area (Å²) in [5.74, 6) is 1.14. The van der Waals surface area contributed by atoms with Crippen molar-refractivity contribution in [2.24, 2.45) is 4.99 Å². The molecule has 9 nitrogen and oxygen atoms in total. The minimum absolute atomic E-state index is 0.0186. The normalized spacial score (nSPS) is 14.8. The summed E-state index contributed by atoms with van der Waals surface area (Å²) in [6, 6.07) is 9.68. The smallest absolute Gasteiger partial charge is 0.262 e. The van der Waals surface area contributed by atoms with E-state index in [1.807, 2.05) is 0 Å². The van der Waals surface area contributed by atoms with Crippen molar-refractivity contribution in [3.05, 3.63) is 42.5 Å². The van der Waals surface area contributed by atoms with Gasteiger partial charge in [-0.25, -0.2) is 16.8 Å². The Bertz CT molecular complexity index is 1160. The van der Waals surface area contributed by atoms with E-state index in [9.17, 15) is 16.8 Å². The molecule has 0 unspecified atom stereocenters. The number of amidine groups is 1. The highest BCUT2D eigenvalue weighted by Crippen LogP contribution is 2.30. The number of hydrogen-bond donors (Lipinski definition) is 2. The summed E-state index contributed by atoms with van der Waals surface area (Å²) in [6.07, 6.45) is 3.43. The molecule has 2 aromatic carbocycles. The first kappa shape index (κ1) is 22.9. The molecule has 0 atom stereocenters. The topological polar surface area (TPSA) is 123 Å². The van der Waals surface area contributed by atoms with Crippen molar-refractivity contribution < 1.29 is 26.3 Å². The van der Waals surface area contributed by atoms with E-state index in [0.29, 0.717) is 24.6 Å². The summed E-state index contributed by atoms with van der Waals surface area (Å²) in [6.45, 7) is 0.606. The van der Waals surface area contributed by atoms with Gasteiger partial charge in [-0.15, -0.1) is 0 Å². The molecule has 1 aliphatic rings. The SMILES string of the molecule is COc1ccc(S(=O)(=O)Nc2ccc(S(=O)(=O)NC3=NCCCCC3)cc2)cc1OC. The number of ether oxygens (including phenoxy) is 2. The van der Waals surface area contributed by atoms with Gasteiger partial charge in [-0.1, -0.05) is 6.42 Å². The van der Waals surface area contributed by atoms with E-state index in [1.54, 1.807) is 0 Å². The summed E-state index contributed by atoms with van der Waals surface area (Å²) in [5.41, 5.74) is 0.223. The third-order valence-electron chi connectivity index (χ3n) is 4.71. The fourth-order valence-corrected chi connectivity index (χ4v) is 5.23. The van der Waals surface area contributed by atoms with Gasteiger partial charge in [0.05, 0.1) is 24.0 Å². The van der Waals surface area contributed by atoms with E-state index in [4.69, 9.17) is 9.47 Å². The molecule has 0 radical (unpaired) electrons. The first-order chi connectivity index (χ1) is 14.7. The average Bonchev–Trinajstić information content (AvgIpc) is 3.01. The van der Waals surface area contributed by atoms with Crippen molar-refractivity contribution in [1.29, 1.82) is 0 Å². The highest BCUT2D eigenvalue weighted by molar-refractivity contribution is 7.92. The van der Waals surface area contributed by atoms with Gasteiger partial charge in [0.2, 0.25) is 0 Å². The lowest BCUT2D eigenvalue weighted by Crippen LogP contribution is -2.30. The molecule has 0 amide bonds. The number of aliphatic imine (C=N–C) groups is 1. The van der Waals surface area contributed by atoms with Crippen LogP contribution < -0.4 is 18.9 Å². The molecule has 168 valence electrons. The Labute approximate surface area is 182 Å². The van der Waals surface area contributed by atoms with Crippen LogP contribution in [-0.2, 0) is 20.0 Å². The number of methoxy groups -OCH3 is 2. The van der Waals surface area contributed by atoms with Gasteiger partial charge in [-0.05, 0) is 49.2 Å². The van der Waals surface area contributed by atoms with E-state index < -0.39 is 20.0 Å². The van der Waals surface area contributed by atoms with Crippen LogP contribution >= 0.6 is 0 Å².